The maximum absolute atomic E-state index is 13.4. The lowest BCUT2D eigenvalue weighted by atomic mass is 10.0. The molecule has 8 nitrogen and oxygen atoms in total. The molecule has 2 aromatic carbocycles. The summed E-state index contributed by atoms with van der Waals surface area (Å²) in [7, 11) is -1.07. The molecule has 0 aliphatic carbocycles. The van der Waals surface area contributed by atoms with Crippen molar-refractivity contribution in [2.45, 2.75) is 17.2 Å². The van der Waals surface area contributed by atoms with E-state index in [1.165, 1.54) is 37.4 Å². The van der Waals surface area contributed by atoms with Gasteiger partial charge in [0.15, 0.2) is 11.0 Å². The van der Waals surface area contributed by atoms with Crippen molar-refractivity contribution in [1.29, 1.82) is 0 Å². The van der Waals surface area contributed by atoms with Gasteiger partial charge in [-0.25, -0.2) is 4.21 Å². The average Bonchev–Trinajstić information content (AvgIpc) is 2.81. The first-order valence-electron chi connectivity index (χ1n) is 9.57. The Kier molecular flexibility index (Phi) is 8.34. The van der Waals surface area contributed by atoms with Crippen LogP contribution in [0.15, 0.2) is 59.6 Å². The smallest absolute Gasteiger partial charge is 0.382 e. The molecule has 0 spiro atoms. The van der Waals surface area contributed by atoms with Crippen molar-refractivity contribution in [3.05, 3.63) is 91.7 Å². The summed E-state index contributed by atoms with van der Waals surface area (Å²) < 4.78 is 59.5. The fourth-order valence-electron chi connectivity index (χ4n) is 3.16. The van der Waals surface area contributed by atoms with Crippen LogP contribution in [0, 0.1) is 10.1 Å². The number of nitro benzene ring substituents is 1. The van der Waals surface area contributed by atoms with Crippen LogP contribution in [0.25, 0.3) is 0 Å². The molecular formula is C21H16Cl2F3N3O5S. The van der Waals surface area contributed by atoms with E-state index in [2.05, 4.69) is 4.98 Å². The molecule has 1 heterocycles. The van der Waals surface area contributed by atoms with Crippen molar-refractivity contribution in [3.63, 3.8) is 0 Å². The van der Waals surface area contributed by atoms with Gasteiger partial charge in [-0.05, 0) is 30.3 Å². The Bertz CT molecular complexity index is 1280. The summed E-state index contributed by atoms with van der Waals surface area (Å²) in [5.41, 5.74) is -1.95. The van der Waals surface area contributed by atoms with Gasteiger partial charge >= 0.3 is 6.18 Å². The fraction of sp³-hybridized carbons (Fsp3) is 0.190. The number of anilines is 1. The predicted octanol–water partition coefficient (Wildman–Crippen LogP) is 5.53. The van der Waals surface area contributed by atoms with Gasteiger partial charge in [0.25, 0.3) is 5.69 Å². The van der Waals surface area contributed by atoms with Crippen LogP contribution >= 0.6 is 23.2 Å². The van der Waals surface area contributed by atoms with E-state index < -0.39 is 51.2 Å². The Balaban J connectivity index is 2.15. The quantitative estimate of drug-likeness (QED) is 0.225. The maximum Gasteiger partial charge on any atom is 0.417 e. The number of nitro groups is 1. The molecular weight excluding hydrogens is 534 g/mol. The number of aromatic nitrogens is 1. The molecule has 1 aromatic heterocycles. The van der Waals surface area contributed by atoms with Gasteiger partial charge in [0.05, 0.1) is 42.4 Å². The first kappa shape index (κ1) is 26.8. The summed E-state index contributed by atoms with van der Waals surface area (Å²) in [5, 5.41) is 21.9. The summed E-state index contributed by atoms with van der Waals surface area (Å²) in [6.45, 7) is -0.421. The molecule has 0 saturated carbocycles. The highest BCUT2D eigenvalue weighted by molar-refractivity contribution is 7.86. The van der Waals surface area contributed by atoms with Crippen molar-refractivity contribution in [2.24, 2.45) is 0 Å². The molecule has 2 atom stereocenters. The SMILES string of the molecule is COCN(c1cc(Cl)cnc1C(O)c1ccccc1[N+](=O)[O-])S(=O)c1ccc(Cl)c(C(F)(F)F)c1. The summed E-state index contributed by atoms with van der Waals surface area (Å²) in [6.07, 6.45) is -5.30. The maximum atomic E-state index is 13.4. The average molecular weight is 550 g/mol. The Morgan fingerprint density at radius 3 is 2.54 bits per heavy atom. The number of benzene rings is 2. The fourth-order valence-corrected chi connectivity index (χ4v) is 4.72. The van der Waals surface area contributed by atoms with Crippen molar-refractivity contribution in [3.8, 4) is 0 Å². The number of halogens is 5. The molecule has 0 amide bonds. The van der Waals surface area contributed by atoms with Crippen LogP contribution in [-0.2, 0) is 21.9 Å². The standard InChI is InChI=1S/C21H16Cl2F3N3O5S/c1-34-11-28(35(33)13-6-7-16(23)15(9-13)21(24,25)26)18-8-12(22)10-27-19(18)20(30)14-4-2-3-5-17(14)29(31)32/h2-10,20,30H,11H2,1H3. The molecule has 0 radical (unpaired) electrons. The Morgan fingerprint density at radius 1 is 1.23 bits per heavy atom. The van der Waals surface area contributed by atoms with E-state index in [0.717, 1.165) is 22.6 Å². The van der Waals surface area contributed by atoms with E-state index in [1.807, 2.05) is 0 Å². The van der Waals surface area contributed by atoms with Crippen molar-refractivity contribution >= 4 is 45.6 Å². The number of methoxy groups -OCH3 is 1. The number of rotatable bonds is 8. The molecule has 2 unspecified atom stereocenters. The van der Waals surface area contributed by atoms with Crippen LogP contribution in [0.2, 0.25) is 10.0 Å². The zero-order chi connectivity index (χ0) is 25.9. The molecule has 3 rings (SSSR count). The highest BCUT2D eigenvalue weighted by Crippen LogP contribution is 2.38. The van der Waals surface area contributed by atoms with Crippen LogP contribution in [0.3, 0.4) is 0 Å². The highest BCUT2D eigenvalue weighted by atomic mass is 35.5. The zero-order valence-corrected chi connectivity index (χ0v) is 20.0. The van der Waals surface area contributed by atoms with Crippen molar-refractivity contribution < 1.29 is 32.1 Å². The van der Waals surface area contributed by atoms with Gasteiger partial charge in [-0.15, -0.1) is 0 Å². The Labute approximate surface area is 209 Å². The molecule has 0 fully saturated rings. The van der Waals surface area contributed by atoms with Crippen molar-refractivity contribution in [1.82, 2.24) is 4.98 Å². The number of ether oxygens (including phenoxy) is 1. The normalized spacial score (nSPS) is 13.3. The van der Waals surface area contributed by atoms with Gasteiger partial charge in [0.1, 0.15) is 12.8 Å². The molecule has 3 aromatic rings. The number of para-hydroxylation sites is 1. The summed E-state index contributed by atoms with van der Waals surface area (Å²) >= 11 is 11.7. The van der Waals surface area contributed by atoms with Gasteiger partial charge in [0.2, 0.25) is 0 Å². The van der Waals surface area contributed by atoms with E-state index in [4.69, 9.17) is 27.9 Å². The third kappa shape index (κ3) is 5.90. The van der Waals surface area contributed by atoms with E-state index >= 15 is 0 Å². The Hall–Kier alpha value is -2.77. The first-order valence-corrected chi connectivity index (χ1v) is 11.4. The second kappa shape index (κ2) is 10.9. The van der Waals surface area contributed by atoms with Crippen LogP contribution in [0.4, 0.5) is 24.5 Å². The van der Waals surface area contributed by atoms with E-state index in [1.54, 1.807) is 0 Å². The van der Waals surface area contributed by atoms with Crippen LogP contribution in [-0.4, -0.2) is 33.1 Å². The van der Waals surface area contributed by atoms with Crippen LogP contribution in [0.1, 0.15) is 22.9 Å². The van der Waals surface area contributed by atoms with Gasteiger partial charge in [-0.3, -0.25) is 19.4 Å². The third-order valence-corrected chi connectivity index (χ3v) is 6.61. The van der Waals surface area contributed by atoms with E-state index in [-0.39, 0.29) is 26.9 Å². The molecule has 186 valence electrons. The van der Waals surface area contributed by atoms with Crippen molar-refractivity contribution in [2.75, 3.05) is 18.1 Å². The monoisotopic (exact) mass is 549 g/mol. The Morgan fingerprint density at radius 2 is 1.91 bits per heavy atom. The molecule has 0 aliphatic rings. The van der Waals surface area contributed by atoms with Gasteiger partial charge < -0.3 is 9.84 Å². The number of nitrogens with zero attached hydrogens (tertiary/aromatic N) is 3. The number of aliphatic hydroxyl groups excluding tert-OH is 1. The van der Waals surface area contributed by atoms with Crippen LogP contribution in [0.5, 0.6) is 0 Å². The number of aliphatic hydroxyl groups is 1. The first-order chi connectivity index (χ1) is 16.5. The molecule has 35 heavy (non-hydrogen) atoms. The second-order valence-corrected chi connectivity index (χ2v) is 9.22. The molecule has 0 bridgehead atoms. The largest absolute Gasteiger partial charge is 0.417 e. The summed E-state index contributed by atoms with van der Waals surface area (Å²) in [5.74, 6) is 0. The minimum Gasteiger partial charge on any atom is -0.382 e. The van der Waals surface area contributed by atoms with Crippen LogP contribution < -0.4 is 4.31 Å². The van der Waals surface area contributed by atoms with Gasteiger partial charge in [-0.1, -0.05) is 35.3 Å². The van der Waals surface area contributed by atoms with E-state index in [0.29, 0.717) is 6.07 Å². The van der Waals surface area contributed by atoms with E-state index in [9.17, 15) is 32.6 Å². The lowest BCUT2D eigenvalue weighted by molar-refractivity contribution is -0.386. The minimum absolute atomic E-state index is 0.0451. The number of alkyl halides is 3. The minimum atomic E-state index is -4.80. The number of pyridine rings is 1. The highest BCUT2D eigenvalue weighted by Gasteiger charge is 2.35. The molecule has 1 N–H and O–H groups in total. The number of hydrogen-bond acceptors (Lipinski definition) is 6. The van der Waals surface area contributed by atoms with Gasteiger partial charge in [0, 0.05) is 19.4 Å². The lowest BCUT2D eigenvalue weighted by Crippen LogP contribution is -2.30. The summed E-state index contributed by atoms with van der Waals surface area (Å²) in [4.78, 5) is 14.5. The molecule has 0 aliphatic heterocycles. The zero-order valence-electron chi connectivity index (χ0n) is 17.7. The lowest BCUT2D eigenvalue weighted by Gasteiger charge is -2.26. The molecule has 0 saturated heterocycles. The third-order valence-electron chi connectivity index (χ3n) is 4.71. The number of hydrogen-bond donors (Lipinski definition) is 1. The second-order valence-electron chi connectivity index (χ2n) is 6.96. The topological polar surface area (TPSA) is 106 Å². The van der Waals surface area contributed by atoms with Gasteiger partial charge in [-0.2, -0.15) is 13.2 Å². The summed E-state index contributed by atoms with van der Waals surface area (Å²) in [6, 6.07) is 9.39. The molecule has 14 heteroatoms. The predicted molar refractivity (Wildman–Crippen MR) is 124 cm³/mol.